The van der Waals surface area contributed by atoms with Gasteiger partial charge in [0.05, 0.1) is 20.1 Å². The average molecular weight is 319 g/mol. The van der Waals surface area contributed by atoms with Crippen LogP contribution >= 0.6 is 0 Å². The highest BCUT2D eigenvalue weighted by Gasteiger charge is 2.47. The van der Waals surface area contributed by atoms with E-state index in [0.29, 0.717) is 29.5 Å². The molecule has 3 rings (SSSR count). The molecule has 0 radical (unpaired) electrons. The van der Waals surface area contributed by atoms with Crippen LogP contribution in [0.3, 0.4) is 0 Å². The summed E-state index contributed by atoms with van der Waals surface area (Å²) in [5.74, 6) is -0.150. The second-order valence-corrected chi connectivity index (χ2v) is 6.19. The number of nitrogens with zero attached hydrogens (tertiary/aromatic N) is 1. The molecule has 23 heavy (non-hydrogen) atoms. The standard InChI is InChI=1S/C17H21NO5/c1-22-13-4-3-5-14(23-2)15(13)16(19)18-8-11(10-6-7-10)12(9-18)17(20)21/h3-5,10-12H,6-9H2,1-2H3,(H,20,21)/t11-,12+/m1/s1. The first-order valence-electron chi connectivity index (χ1n) is 7.80. The van der Waals surface area contributed by atoms with Crippen LogP contribution in [-0.2, 0) is 4.79 Å². The molecule has 6 heteroatoms. The Bertz CT molecular complexity index is 603. The van der Waals surface area contributed by atoms with Crippen LogP contribution in [0.2, 0.25) is 0 Å². The number of methoxy groups -OCH3 is 2. The molecule has 124 valence electrons. The molecule has 1 aliphatic heterocycles. The van der Waals surface area contributed by atoms with Crippen molar-refractivity contribution in [2.24, 2.45) is 17.8 Å². The third-order valence-electron chi connectivity index (χ3n) is 4.84. The smallest absolute Gasteiger partial charge is 0.308 e. The van der Waals surface area contributed by atoms with Gasteiger partial charge < -0.3 is 19.5 Å². The Balaban J connectivity index is 1.88. The van der Waals surface area contributed by atoms with E-state index < -0.39 is 11.9 Å². The van der Waals surface area contributed by atoms with E-state index >= 15 is 0 Å². The molecule has 0 spiro atoms. The molecule has 1 saturated carbocycles. The minimum Gasteiger partial charge on any atom is -0.496 e. The largest absolute Gasteiger partial charge is 0.496 e. The molecule has 2 aliphatic rings. The Hall–Kier alpha value is -2.24. The van der Waals surface area contributed by atoms with Crippen molar-refractivity contribution in [3.63, 3.8) is 0 Å². The second-order valence-electron chi connectivity index (χ2n) is 6.19. The number of ether oxygens (including phenoxy) is 2. The van der Waals surface area contributed by atoms with Crippen LogP contribution in [0.15, 0.2) is 18.2 Å². The monoisotopic (exact) mass is 319 g/mol. The van der Waals surface area contributed by atoms with Gasteiger partial charge in [0, 0.05) is 13.1 Å². The fourth-order valence-corrected chi connectivity index (χ4v) is 3.48. The van der Waals surface area contributed by atoms with Gasteiger partial charge >= 0.3 is 5.97 Å². The van der Waals surface area contributed by atoms with E-state index in [1.807, 2.05) is 0 Å². The van der Waals surface area contributed by atoms with Crippen LogP contribution < -0.4 is 9.47 Å². The van der Waals surface area contributed by atoms with Crippen molar-refractivity contribution >= 4 is 11.9 Å². The van der Waals surface area contributed by atoms with E-state index in [-0.39, 0.29) is 18.4 Å². The minimum atomic E-state index is -0.816. The maximum Gasteiger partial charge on any atom is 0.308 e. The van der Waals surface area contributed by atoms with Crippen LogP contribution in [0.5, 0.6) is 11.5 Å². The summed E-state index contributed by atoms with van der Waals surface area (Å²) >= 11 is 0. The van der Waals surface area contributed by atoms with Gasteiger partial charge in [-0.15, -0.1) is 0 Å². The molecule has 2 fully saturated rings. The van der Waals surface area contributed by atoms with E-state index in [4.69, 9.17) is 9.47 Å². The number of likely N-dealkylation sites (tertiary alicyclic amines) is 1. The molecule has 0 bridgehead atoms. The van der Waals surface area contributed by atoms with Crippen molar-refractivity contribution in [2.75, 3.05) is 27.3 Å². The summed E-state index contributed by atoms with van der Waals surface area (Å²) in [6.07, 6.45) is 2.13. The second kappa shape index (κ2) is 6.10. The molecule has 1 N–H and O–H groups in total. The Labute approximate surface area is 135 Å². The van der Waals surface area contributed by atoms with Gasteiger partial charge in [-0.3, -0.25) is 9.59 Å². The zero-order valence-electron chi connectivity index (χ0n) is 13.3. The molecule has 1 saturated heterocycles. The first-order chi connectivity index (χ1) is 11.1. The molecule has 1 aromatic rings. The van der Waals surface area contributed by atoms with E-state index in [1.54, 1.807) is 23.1 Å². The Morgan fingerprint density at radius 2 is 1.74 bits per heavy atom. The number of hydrogen-bond acceptors (Lipinski definition) is 4. The summed E-state index contributed by atoms with van der Waals surface area (Å²) in [6, 6.07) is 5.17. The lowest BCUT2D eigenvalue weighted by Crippen LogP contribution is -2.30. The van der Waals surface area contributed by atoms with E-state index in [9.17, 15) is 14.7 Å². The molecule has 2 atom stereocenters. The highest BCUT2D eigenvalue weighted by Crippen LogP contribution is 2.44. The molecule has 1 aromatic carbocycles. The number of hydrogen-bond donors (Lipinski definition) is 1. The van der Waals surface area contributed by atoms with Gasteiger partial charge in [-0.25, -0.2) is 0 Å². The van der Waals surface area contributed by atoms with Crippen LogP contribution in [0.1, 0.15) is 23.2 Å². The number of benzene rings is 1. The quantitative estimate of drug-likeness (QED) is 0.897. The average Bonchev–Trinajstić information content (AvgIpc) is 3.31. The van der Waals surface area contributed by atoms with Crippen molar-refractivity contribution in [3.8, 4) is 11.5 Å². The molecule has 1 aliphatic carbocycles. The molecule has 0 unspecified atom stereocenters. The molecule has 1 amide bonds. The van der Waals surface area contributed by atoms with E-state index in [2.05, 4.69) is 0 Å². The van der Waals surface area contributed by atoms with Crippen LogP contribution in [0.4, 0.5) is 0 Å². The fraction of sp³-hybridized carbons (Fsp3) is 0.529. The van der Waals surface area contributed by atoms with Crippen molar-refractivity contribution in [1.29, 1.82) is 0 Å². The van der Waals surface area contributed by atoms with Crippen LogP contribution in [0, 0.1) is 17.8 Å². The predicted octanol–water partition coefficient (Wildman–Crippen LogP) is 1.89. The Morgan fingerprint density at radius 1 is 1.13 bits per heavy atom. The molecule has 0 aromatic heterocycles. The van der Waals surface area contributed by atoms with Crippen molar-refractivity contribution in [2.45, 2.75) is 12.8 Å². The predicted molar refractivity (Wildman–Crippen MR) is 82.8 cm³/mol. The summed E-state index contributed by atoms with van der Waals surface area (Å²) in [5, 5.41) is 9.44. The molecular weight excluding hydrogens is 298 g/mol. The maximum atomic E-state index is 12.9. The number of aliphatic carboxylic acids is 1. The van der Waals surface area contributed by atoms with Crippen molar-refractivity contribution < 1.29 is 24.2 Å². The van der Waals surface area contributed by atoms with Gasteiger partial charge in [0.2, 0.25) is 0 Å². The summed E-state index contributed by atoms with van der Waals surface area (Å²) in [6.45, 7) is 0.734. The van der Waals surface area contributed by atoms with Gasteiger partial charge in [0.1, 0.15) is 17.1 Å². The van der Waals surface area contributed by atoms with E-state index in [0.717, 1.165) is 12.8 Å². The van der Waals surface area contributed by atoms with Crippen LogP contribution in [0.25, 0.3) is 0 Å². The Morgan fingerprint density at radius 3 is 2.22 bits per heavy atom. The number of amides is 1. The summed E-state index contributed by atoms with van der Waals surface area (Å²) in [4.78, 5) is 26.1. The minimum absolute atomic E-state index is 0.0529. The SMILES string of the molecule is COc1cccc(OC)c1C(=O)N1C[C@H](C(=O)O)[C@@H](C2CC2)C1. The lowest BCUT2D eigenvalue weighted by atomic mass is 9.92. The zero-order valence-corrected chi connectivity index (χ0v) is 13.3. The Kier molecular flexibility index (Phi) is 4.15. The number of carboxylic acid groups (broad SMARTS) is 1. The number of rotatable bonds is 5. The van der Waals surface area contributed by atoms with Gasteiger partial charge in [-0.2, -0.15) is 0 Å². The maximum absolute atomic E-state index is 12.9. The third kappa shape index (κ3) is 2.85. The molecule has 1 heterocycles. The summed E-state index contributed by atoms with van der Waals surface area (Å²) < 4.78 is 10.6. The summed E-state index contributed by atoms with van der Waals surface area (Å²) in [7, 11) is 3.01. The number of carbonyl (C=O) groups is 2. The lowest BCUT2D eigenvalue weighted by molar-refractivity contribution is -0.142. The zero-order chi connectivity index (χ0) is 16.6. The van der Waals surface area contributed by atoms with Gasteiger partial charge in [-0.05, 0) is 36.8 Å². The van der Waals surface area contributed by atoms with E-state index in [1.165, 1.54) is 14.2 Å². The highest BCUT2D eigenvalue weighted by atomic mass is 16.5. The highest BCUT2D eigenvalue weighted by molar-refractivity contribution is 6.00. The topological polar surface area (TPSA) is 76.1 Å². The van der Waals surface area contributed by atoms with Crippen LogP contribution in [-0.4, -0.2) is 49.2 Å². The number of carboxylic acids is 1. The van der Waals surface area contributed by atoms with Gasteiger partial charge in [0.15, 0.2) is 0 Å². The van der Waals surface area contributed by atoms with Crippen molar-refractivity contribution in [3.05, 3.63) is 23.8 Å². The molecular formula is C17H21NO5. The van der Waals surface area contributed by atoms with Gasteiger partial charge in [-0.1, -0.05) is 6.07 Å². The third-order valence-corrected chi connectivity index (χ3v) is 4.84. The number of carbonyl (C=O) groups excluding carboxylic acids is 1. The van der Waals surface area contributed by atoms with Gasteiger partial charge in [0.25, 0.3) is 5.91 Å². The van der Waals surface area contributed by atoms with Crippen molar-refractivity contribution in [1.82, 2.24) is 4.90 Å². The lowest BCUT2D eigenvalue weighted by Gasteiger charge is -2.19. The normalized spacial score (nSPS) is 23.7. The fourth-order valence-electron chi connectivity index (χ4n) is 3.48. The summed E-state index contributed by atoms with van der Waals surface area (Å²) in [5.41, 5.74) is 0.359. The first kappa shape index (κ1) is 15.6. The molecule has 6 nitrogen and oxygen atoms in total. The first-order valence-corrected chi connectivity index (χ1v) is 7.80.